The van der Waals surface area contributed by atoms with Crippen molar-refractivity contribution in [1.29, 1.82) is 0 Å². The number of nitrogens with one attached hydrogen (secondary N) is 1. The number of carbonyl (C=O) groups excluding carboxylic acids is 1. The lowest BCUT2D eigenvalue weighted by atomic mass is 9.97. The summed E-state index contributed by atoms with van der Waals surface area (Å²) in [6, 6.07) is 5.20. The Bertz CT molecular complexity index is 522. The first kappa shape index (κ1) is 14.5. The summed E-state index contributed by atoms with van der Waals surface area (Å²) in [6.07, 6.45) is 4.42. The SMILES string of the molecule is Cc1ccc(C(=O)N(CC2CCNCC2)C2CC2)cc1F. The molecule has 21 heavy (non-hydrogen) atoms. The van der Waals surface area contributed by atoms with Crippen molar-refractivity contribution in [2.24, 2.45) is 5.92 Å². The molecule has 2 aliphatic rings. The van der Waals surface area contributed by atoms with Crippen LogP contribution in [-0.2, 0) is 0 Å². The Balaban J connectivity index is 1.73. The third-order valence-electron chi connectivity index (χ3n) is 4.58. The van der Waals surface area contributed by atoms with Crippen LogP contribution in [0.1, 0.15) is 41.6 Å². The quantitative estimate of drug-likeness (QED) is 0.925. The van der Waals surface area contributed by atoms with E-state index in [-0.39, 0.29) is 11.7 Å². The number of halogens is 1. The molecule has 1 N–H and O–H groups in total. The molecular weight excluding hydrogens is 267 g/mol. The van der Waals surface area contributed by atoms with E-state index in [2.05, 4.69) is 5.32 Å². The molecule has 1 amide bonds. The molecular formula is C17H23FN2O. The summed E-state index contributed by atoms with van der Waals surface area (Å²) in [5.74, 6) is 0.277. The molecule has 0 radical (unpaired) electrons. The Labute approximate surface area is 125 Å². The molecule has 1 aromatic rings. The highest BCUT2D eigenvalue weighted by Gasteiger charge is 2.34. The molecule has 0 spiro atoms. The molecule has 2 fully saturated rings. The number of hydrogen-bond donors (Lipinski definition) is 1. The lowest BCUT2D eigenvalue weighted by Gasteiger charge is -2.30. The van der Waals surface area contributed by atoms with E-state index in [4.69, 9.17) is 0 Å². The van der Waals surface area contributed by atoms with Gasteiger partial charge in [-0.2, -0.15) is 0 Å². The number of amides is 1. The van der Waals surface area contributed by atoms with Crippen molar-refractivity contribution in [2.75, 3.05) is 19.6 Å². The molecule has 3 rings (SSSR count). The zero-order valence-corrected chi connectivity index (χ0v) is 12.6. The van der Waals surface area contributed by atoms with Gasteiger partial charge in [-0.15, -0.1) is 0 Å². The fraction of sp³-hybridized carbons (Fsp3) is 0.588. The molecule has 1 aliphatic carbocycles. The van der Waals surface area contributed by atoms with E-state index in [0.29, 0.717) is 23.1 Å². The van der Waals surface area contributed by atoms with Gasteiger partial charge in [0.15, 0.2) is 0 Å². The predicted molar refractivity (Wildman–Crippen MR) is 80.8 cm³/mol. The molecule has 114 valence electrons. The maximum absolute atomic E-state index is 13.7. The smallest absolute Gasteiger partial charge is 0.254 e. The highest BCUT2D eigenvalue weighted by atomic mass is 19.1. The second-order valence-electron chi connectivity index (χ2n) is 6.35. The summed E-state index contributed by atoms with van der Waals surface area (Å²) in [5.41, 5.74) is 1.07. The molecule has 0 aromatic heterocycles. The van der Waals surface area contributed by atoms with Gasteiger partial charge in [0.05, 0.1) is 0 Å². The lowest BCUT2D eigenvalue weighted by molar-refractivity contribution is 0.0701. The van der Waals surface area contributed by atoms with Crippen LogP contribution in [0.15, 0.2) is 18.2 Å². The minimum atomic E-state index is -0.293. The van der Waals surface area contributed by atoms with Crippen LogP contribution in [0.5, 0.6) is 0 Å². The van der Waals surface area contributed by atoms with Crippen LogP contribution in [0.4, 0.5) is 4.39 Å². The summed E-state index contributed by atoms with van der Waals surface area (Å²) in [4.78, 5) is 14.7. The van der Waals surface area contributed by atoms with E-state index < -0.39 is 0 Å². The number of hydrogen-bond acceptors (Lipinski definition) is 2. The van der Waals surface area contributed by atoms with Gasteiger partial charge < -0.3 is 10.2 Å². The number of aryl methyl sites for hydroxylation is 1. The average Bonchev–Trinajstić information content (AvgIpc) is 3.33. The van der Waals surface area contributed by atoms with Crippen LogP contribution in [0.25, 0.3) is 0 Å². The third-order valence-corrected chi connectivity index (χ3v) is 4.58. The van der Waals surface area contributed by atoms with E-state index in [1.54, 1.807) is 19.1 Å². The zero-order chi connectivity index (χ0) is 14.8. The largest absolute Gasteiger partial charge is 0.335 e. The predicted octanol–water partition coefficient (Wildman–Crippen LogP) is 2.74. The highest BCUT2D eigenvalue weighted by Crippen LogP contribution is 2.30. The van der Waals surface area contributed by atoms with Crippen molar-refractivity contribution in [1.82, 2.24) is 10.2 Å². The Morgan fingerprint density at radius 1 is 1.29 bits per heavy atom. The van der Waals surface area contributed by atoms with Crippen molar-refractivity contribution < 1.29 is 9.18 Å². The van der Waals surface area contributed by atoms with Gasteiger partial charge in [-0.3, -0.25) is 4.79 Å². The third kappa shape index (κ3) is 3.43. The lowest BCUT2D eigenvalue weighted by Crippen LogP contribution is -2.40. The van der Waals surface area contributed by atoms with Gasteiger partial charge in [0.25, 0.3) is 5.91 Å². The monoisotopic (exact) mass is 290 g/mol. The van der Waals surface area contributed by atoms with Gasteiger partial charge >= 0.3 is 0 Å². The summed E-state index contributed by atoms with van der Waals surface area (Å²) < 4.78 is 13.7. The average molecular weight is 290 g/mol. The van der Waals surface area contributed by atoms with Crippen LogP contribution in [0.3, 0.4) is 0 Å². The molecule has 0 atom stereocenters. The topological polar surface area (TPSA) is 32.3 Å². The Hall–Kier alpha value is -1.42. The van der Waals surface area contributed by atoms with Crippen LogP contribution in [0.2, 0.25) is 0 Å². The molecule has 0 unspecified atom stereocenters. The van der Waals surface area contributed by atoms with Gasteiger partial charge in [-0.1, -0.05) is 6.07 Å². The van der Waals surface area contributed by atoms with Crippen LogP contribution in [0, 0.1) is 18.7 Å². The fourth-order valence-electron chi connectivity index (χ4n) is 3.02. The molecule has 4 heteroatoms. The summed E-state index contributed by atoms with van der Waals surface area (Å²) in [7, 11) is 0. The molecule has 3 nitrogen and oxygen atoms in total. The van der Waals surface area contributed by atoms with Crippen molar-refractivity contribution in [2.45, 2.75) is 38.6 Å². The van der Waals surface area contributed by atoms with Gasteiger partial charge in [0.1, 0.15) is 5.82 Å². The first-order valence-corrected chi connectivity index (χ1v) is 7.93. The minimum Gasteiger partial charge on any atom is -0.335 e. The molecule has 1 aliphatic heterocycles. The number of benzene rings is 1. The summed E-state index contributed by atoms with van der Waals surface area (Å²) in [5, 5.41) is 3.35. The molecule has 1 saturated heterocycles. The standard InChI is InChI=1S/C17H23FN2O/c1-12-2-3-14(10-16(12)18)17(21)20(15-4-5-15)11-13-6-8-19-9-7-13/h2-3,10,13,15,19H,4-9,11H2,1H3. The second-order valence-corrected chi connectivity index (χ2v) is 6.35. The minimum absolute atomic E-state index is 0.00469. The first-order chi connectivity index (χ1) is 10.1. The molecule has 1 aromatic carbocycles. The van der Waals surface area contributed by atoms with Crippen molar-refractivity contribution in [3.05, 3.63) is 35.1 Å². The van der Waals surface area contributed by atoms with E-state index in [1.165, 1.54) is 6.07 Å². The van der Waals surface area contributed by atoms with Crippen molar-refractivity contribution in [3.63, 3.8) is 0 Å². The maximum atomic E-state index is 13.7. The van der Waals surface area contributed by atoms with Crippen molar-refractivity contribution in [3.8, 4) is 0 Å². The number of piperidine rings is 1. The van der Waals surface area contributed by atoms with Gasteiger partial charge in [0, 0.05) is 18.2 Å². The van der Waals surface area contributed by atoms with Crippen LogP contribution in [-0.4, -0.2) is 36.5 Å². The molecule has 1 heterocycles. The maximum Gasteiger partial charge on any atom is 0.254 e. The van der Waals surface area contributed by atoms with Crippen LogP contribution >= 0.6 is 0 Å². The number of carbonyl (C=O) groups is 1. The van der Waals surface area contributed by atoms with E-state index >= 15 is 0 Å². The number of rotatable bonds is 4. The Kier molecular flexibility index (Phi) is 4.24. The van der Waals surface area contributed by atoms with Gasteiger partial charge in [-0.05, 0) is 69.3 Å². The fourth-order valence-corrected chi connectivity index (χ4v) is 3.02. The highest BCUT2D eigenvalue weighted by molar-refractivity contribution is 5.94. The van der Waals surface area contributed by atoms with Crippen LogP contribution < -0.4 is 5.32 Å². The second kappa shape index (κ2) is 6.14. The van der Waals surface area contributed by atoms with E-state index in [0.717, 1.165) is 45.3 Å². The molecule has 1 saturated carbocycles. The zero-order valence-electron chi connectivity index (χ0n) is 12.6. The first-order valence-electron chi connectivity index (χ1n) is 7.93. The van der Waals surface area contributed by atoms with Gasteiger partial charge in [0.2, 0.25) is 0 Å². The summed E-state index contributed by atoms with van der Waals surface area (Å²) in [6.45, 7) is 4.62. The normalized spacial score (nSPS) is 19.5. The van der Waals surface area contributed by atoms with E-state index in [1.807, 2.05) is 4.90 Å². The summed E-state index contributed by atoms with van der Waals surface area (Å²) >= 11 is 0. The Morgan fingerprint density at radius 3 is 2.62 bits per heavy atom. The Morgan fingerprint density at radius 2 is 2.00 bits per heavy atom. The van der Waals surface area contributed by atoms with Crippen molar-refractivity contribution >= 4 is 5.91 Å². The van der Waals surface area contributed by atoms with Gasteiger partial charge in [-0.25, -0.2) is 4.39 Å². The van der Waals surface area contributed by atoms with E-state index in [9.17, 15) is 9.18 Å². The molecule has 0 bridgehead atoms. The number of nitrogens with zero attached hydrogens (tertiary/aromatic N) is 1.